The molecule has 1 aromatic rings. The second-order valence-electron chi connectivity index (χ2n) is 6.12. The Morgan fingerprint density at radius 3 is 2.20 bits per heavy atom. The van der Waals surface area contributed by atoms with Crippen LogP contribution in [0, 0.1) is 5.41 Å². The van der Waals surface area contributed by atoms with E-state index in [-0.39, 0.29) is 29.6 Å². The number of hydrogen-bond acceptors (Lipinski definition) is 5. The van der Waals surface area contributed by atoms with Crippen molar-refractivity contribution in [3.05, 3.63) is 23.8 Å². The van der Waals surface area contributed by atoms with Gasteiger partial charge < -0.3 is 20.6 Å². The predicted molar refractivity (Wildman–Crippen MR) is 77.8 cm³/mol. The second kappa shape index (κ2) is 5.99. The average Bonchev–Trinajstić information content (AvgIpc) is 2.39. The monoisotopic (exact) mass is 280 g/mol. The fraction of sp³-hybridized carbons (Fsp3) is 0.600. The Labute approximate surface area is 119 Å². The largest absolute Gasteiger partial charge is 0.508 e. The number of aromatic hydroxyl groups is 2. The van der Waals surface area contributed by atoms with Crippen LogP contribution in [-0.4, -0.2) is 53.0 Å². The molecule has 1 saturated heterocycles. The molecule has 0 unspecified atom stereocenters. The highest BCUT2D eigenvalue weighted by Crippen LogP contribution is 2.40. The molecule has 0 aliphatic carbocycles. The van der Waals surface area contributed by atoms with Gasteiger partial charge in [-0.3, -0.25) is 4.90 Å². The van der Waals surface area contributed by atoms with Crippen molar-refractivity contribution < 1.29 is 15.3 Å². The summed E-state index contributed by atoms with van der Waals surface area (Å²) in [6, 6.07) is 4.62. The smallest absolute Gasteiger partial charge is 0.119 e. The Bertz CT molecular complexity index is 436. The molecule has 1 heterocycles. The molecule has 112 valence electrons. The van der Waals surface area contributed by atoms with Crippen LogP contribution < -0.4 is 5.32 Å². The standard InChI is InChI=1S/C15H24N2O3/c1-15(2,10-18)14(17-5-3-16-4-6-17)11-7-12(19)9-13(20)8-11/h7-9,14,16,18-20H,3-6,10H2,1-2H3/t14-/m1/s1. The third kappa shape index (κ3) is 3.23. The minimum atomic E-state index is -0.364. The number of aliphatic hydroxyl groups is 1. The van der Waals surface area contributed by atoms with Crippen LogP contribution in [0.3, 0.4) is 0 Å². The van der Waals surface area contributed by atoms with Crippen LogP contribution in [0.2, 0.25) is 0 Å². The van der Waals surface area contributed by atoms with Gasteiger partial charge in [0.1, 0.15) is 11.5 Å². The van der Waals surface area contributed by atoms with Crippen LogP contribution in [0.4, 0.5) is 0 Å². The van der Waals surface area contributed by atoms with Crippen molar-refractivity contribution >= 4 is 0 Å². The summed E-state index contributed by atoms with van der Waals surface area (Å²) >= 11 is 0. The summed E-state index contributed by atoms with van der Waals surface area (Å²) in [6.45, 7) is 7.61. The van der Waals surface area contributed by atoms with Gasteiger partial charge in [0, 0.05) is 50.3 Å². The fourth-order valence-electron chi connectivity index (χ4n) is 2.96. The van der Waals surface area contributed by atoms with E-state index in [0.29, 0.717) is 0 Å². The normalized spacial score (nSPS) is 18.9. The van der Waals surface area contributed by atoms with E-state index in [2.05, 4.69) is 10.2 Å². The molecule has 1 atom stereocenters. The summed E-state index contributed by atoms with van der Waals surface area (Å²) < 4.78 is 0. The van der Waals surface area contributed by atoms with Gasteiger partial charge in [0.25, 0.3) is 0 Å². The van der Waals surface area contributed by atoms with Crippen molar-refractivity contribution in [3.8, 4) is 11.5 Å². The summed E-state index contributed by atoms with van der Waals surface area (Å²) in [7, 11) is 0. The van der Waals surface area contributed by atoms with E-state index in [1.165, 1.54) is 6.07 Å². The maximum absolute atomic E-state index is 9.73. The third-order valence-corrected chi connectivity index (χ3v) is 3.91. The first-order valence-electron chi connectivity index (χ1n) is 7.02. The first-order chi connectivity index (χ1) is 9.44. The minimum Gasteiger partial charge on any atom is -0.508 e. The Balaban J connectivity index is 2.39. The third-order valence-electron chi connectivity index (χ3n) is 3.91. The fourth-order valence-corrected chi connectivity index (χ4v) is 2.96. The van der Waals surface area contributed by atoms with Crippen LogP contribution in [0.5, 0.6) is 11.5 Å². The molecule has 0 aromatic heterocycles. The number of hydrogen-bond donors (Lipinski definition) is 4. The van der Waals surface area contributed by atoms with Gasteiger partial charge in [0.15, 0.2) is 0 Å². The molecule has 0 saturated carbocycles. The van der Waals surface area contributed by atoms with Crippen LogP contribution >= 0.6 is 0 Å². The van der Waals surface area contributed by atoms with Crippen LogP contribution in [0.1, 0.15) is 25.5 Å². The lowest BCUT2D eigenvalue weighted by Gasteiger charge is -2.43. The van der Waals surface area contributed by atoms with E-state index in [1.54, 1.807) is 12.1 Å². The van der Waals surface area contributed by atoms with Crippen molar-refractivity contribution in [2.45, 2.75) is 19.9 Å². The first-order valence-corrected chi connectivity index (χ1v) is 7.02. The van der Waals surface area contributed by atoms with Gasteiger partial charge in [0.05, 0.1) is 0 Å². The minimum absolute atomic E-state index is 0.0397. The zero-order chi connectivity index (χ0) is 14.8. The lowest BCUT2D eigenvalue weighted by Crippen LogP contribution is -2.49. The number of benzene rings is 1. The van der Waals surface area contributed by atoms with Gasteiger partial charge in [-0.2, -0.15) is 0 Å². The van der Waals surface area contributed by atoms with E-state index in [0.717, 1.165) is 31.7 Å². The van der Waals surface area contributed by atoms with Crippen molar-refractivity contribution in [3.63, 3.8) is 0 Å². The predicted octanol–water partition coefficient (Wildman–Crippen LogP) is 1.06. The van der Waals surface area contributed by atoms with Crippen molar-refractivity contribution in [2.75, 3.05) is 32.8 Å². The molecule has 5 heteroatoms. The highest BCUT2D eigenvalue weighted by molar-refractivity contribution is 5.39. The van der Waals surface area contributed by atoms with Crippen LogP contribution in [-0.2, 0) is 0 Å². The quantitative estimate of drug-likeness (QED) is 0.663. The molecule has 1 aliphatic heterocycles. The van der Waals surface area contributed by atoms with Gasteiger partial charge in [-0.25, -0.2) is 0 Å². The first kappa shape index (κ1) is 15.1. The Morgan fingerprint density at radius 1 is 1.15 bits per heavy atom. The summed E-state index contributed by atoms with van der Waals surface area (Å²) in [5.41, 5.74) is 0.473. The molecule has 0 radical (unpaired) electrons. The summed E-state index contributed by atoms with van der Waals surface area (Å²) in [4.78, 5) is 2.29. The molecule has 1 aromatic carbocycles. The Kier molecular flexibility index (Phi) is 4.52. The van der Waals surface area contributed by atoms with Gasteiger partial charge >= 0.3 is 0 Å². The number of phenolic OH excluding ortho intramolecular Hbond substituents is 2. The summed E-state index contributed by atoms with van der Waals surface area (Å²) in [6.07, 6.45) is 0. The number of piperazine rings is 1. The topological polar surface area (TPSA) is 76.0 Å². The number of nitrogens with zero attached hydrogens (tertiary/aromatic N) is 1. The molecule has 1 fully saturated rings. The Hall–Kier alpha value is -1.30. The highest BCUT2D eigenvalue weighted by Gasteiger charge is 2.36. The van der Waals surface area contributed by atoms with E-state index in [1.807, 2.05) is 13.8 Å². The van der Waals surface area contributed by atoms with E-state index >= 15 is 0 Å². The summed E-state index contributed by atoms with van der Waals surface area (Å²) in [5.74, 6) is 0.0998. The zero-order valence-corrected chi connectivity index (χ0v) is 12.1. The molecule has 4 N–H and O–H groups in total. The van der Waals surface area contributed by atoms with E-state index in [9.17, 15) is 15.3 Å². The summed E-state index contributed by atoms with van der Waals surface area (Å²) in [5, 5.41) is 32.5. The van der Waals surface area contributed by atoms with E-state index in [4.69, 9.17) is 0 Å². The number of rotatable bonds is 4. The molecule has 1 aliphatic rings. The van der Waals surface area contributed by atoms with Crippen molar-refractivity contribution in [2.24, 2.45) is 5.41 Å². The molecule has 5 nitrogen and oxygen atoms in total. The molecule has 0 amide bonds. The lowest BCUT2D eigenvalue weighted by atomic mass is 9.79. The zero-order valence-electron chi connectivity index (χ0n) is 12.1. The maximum Gasteiger partial charge on any atom is 0.119 e. The highest BCUT2D eigenvalue weighted by atomic mass is 16.3. The molecule has 0 bridgehead atoms. The van der Waals surface area contributed by atoms with Crippen molar-refractivity contribution in [1.29, 1.82) is 0 Å². The lowest BCUT2D eigenvalue weighted by molar-refractivity contribution is 0.0303. The van der Waals surface area contributed by atoms with E-state index < -0.39 is 0 Å². The second-order valence-corrected chi connectivity index (χ2v) is 6.12. The molecular weight excluding hydrogens is 256 g/mol. The molecular formula is C15H24N2O3. The molecule has 0 spiro atoms. The number of aliphatic hydroxyl groups excluding tert-OH is 1. The maximum atomic E-state index is 9.73. The SMILES string of the molecule is CC(C)(CO)[C@@H](c1cc(O)cc(O)c1)N1CCNCC1. The van der Waals surface area contributed by atoms with Crippen LogP contribution in [0.25, 0.3) is 0 Å². The van der Waals surface area contributed by atoms with Gasteiger partial charge in [-0.05, 0) is 17.7 Å². The Morgan fingerprint density at radius 2 is 1.70 bits per heavy atom. The van der Waals surface area contributed by atoms with Gasteiger partial charge in [-0.15, -0.1) is 0 Å². The van der Waals surface area contributed by atoms with Crippen molar-refractivity contribution in [1.82, 2.24) is 10.2 Å². The number of nitrogens with one attached hydrogen (secondary N) is 1. The average molecular weight is 280 g/mol. The van der Waals surface area contributed by atoms with Crippen LogP contribution in [0.15, 0.2) is 18.2 Å². The molecule has 20 heavy (non-hydrogen) atoms. The van der Waals surface area contributed by atoms with Gasteiger partial charge in [0.2, 0.25) is 0 Å². The number of phenols is 2. The van der Waals surface area contributed by atoms with Gasteiger partial charge in [-0.1, -0.05) is 13.8 Å². The molecule has 2 rings (SSSR count).